The fourth-order valence-corrected chi connectivity index (χ4v) is 2.21. The number of nitrogens with one attached hydrogen (secondary N) is 1. The van der Waals surface area contributed by atoms with Crippen LogP contribution in [0.25, 0.3) is 11.0 Å². The van der Waals surface area contributed by atoms with Crippen LogP contribution in [0, 0.1) is 6.92 Å². The fourth-order valence-electron chi connectivity index (χ4n) is 2.21. The van der Waals surface area contributed by atoms with Gasteiger partial charge in [-0.1, -0.05) is 19.9 Å². The Morgan fingerprint density at radius 1 is 1.41 bits per heavy atom. The number of carboxylic acid groups (broad SMARTS) is 1. The molecule has 22 heavy (non-hydrogen) atoms. The maximum Gasteiger partial charge on any atom is 0.372 e. The molecule has 0 saturated heterocycles. The van der Waals surface area contributed by atoms with Crippen molar-refractivity contribution in [1.82, 2.24) is 5.32 Å². The third kappa shape index (κ3) is 3.58. The lowest BCUT2D eigenvalue weighted by atomic mass is 10.1. The molecule has 2 aromatic rings. The average molecular weight is 307 g/mol. The monoisotopic (exact) mass is 307 g/mol. The molecular weight excluding hydrogens is 286 g/mol. The molecule has 6 heteroatoms. The van der Waals surface area contributed by atoms with Crippen molar-refractivity contribution < 1.29 is 24.2 Å². The van der Waals surface area contributed by atoms with Crippen LogP contribution in [0.5, 0.6) is 5.75 Å². The maximum absolute atomic E-state index is 11.1. The van der Waals surface area contributed by atoms with Gasteiger partial charge in [-0.05, 0) is 19.1 Å². The number of carboxylic acids is 1. The van der Waals surface area contributed by atoms with Crippen molar-refractivity contribution in [3.63, 3.8) is 0 Å². The molecule has 0 fully saturated rings. The molecule has 0 spiro atoms. The summed E-state index contributed by atoms with van der Waals surface area (Å²) in [6.07, 6.45) is -0.649. The van der Waals surface area contributed by atoms with E-state index in [1.54, 1.807) is 25.1 Å². The zero-order chi connectivity index (χ0) is 16.3. The number of rotatable bonds is 7. The second kappa shape index (κ2) is 6.81. The van der Waals surface area contributed by atoms with Crippen LogP contribution in [0.4, 0.5) is 0 Å². The SMILES string of the molecule is Cc1c(C(=O)O)oc2cccc(OCC(O)CNC(C)C)c12. The van der Waals surface area contributed by atoms with E-state index in [1.165, 1.54) is 0 Å². The Bertz CT molecular complexity index is 662. The molecule has 6 nitrogen and oxygen atoms in total. The molecule has 0 radical (unpaired) electrons. The fraction of sp³-hybridized carbons (Fsp3) is 0.438. The summed E-state index contributed by atoms with van der Waals surface area (Å²) in [6.45, 7) is 6.22. The first-order valence-corrected chi connectivity index (χ1v) is 7.19. The van der Waals surface area contributed by atoms with E-state index in [0.29, 0.717) is 28.8 Å². The first-order chi connectivity index (χ1) is 10.4. The molecule has 1 aromatic carbocycles. The molecule has 1 aromatic heterocycles. The van der Waals surface area contributed by atoms with Gasteiger partial charge >= 0.3 is 5.97 Å². The lowest BCUT2D eigenvalue weighted by molar-refractivity contribution is 0.0664. The van der Waals surface area contributed by atoms with Crippen LogP contribution < -0.4 is 10.1 Å². The highest BCUT2D eigenvalue weighted by Crippen LogP contribution is 2.33. The van der Waals surface area contributed by atoms with Crippen molar-refractivity contribution in [3.8, 4) is 5.75 Å². The number of hydrogen-bond acceptors (Lipinski definition) is 5. The van der Waals surface area contributed by atoms with Gasteiger partial charge in [-0.15, -0.1) is 0 Å². The van der Waals surface area contributed by atoms with Crippen molar-refractivity contribution in [2.45, 2.75) is 32.9 Å². The van der Waals surface area contributed by atoms with Gasteiger partial charge in [0.05, 0.1) is 5.39 Å². The summed E-state index contributed by atoms with van der Waals surface area (Å²) < 4.78 is 11.0. The zero-order valence-corrected chi connectivity index (χ0v) is 12.9. The Morgan fingerprint density at radius 3 is 2.77 bits per heavy atom. The standard InChI is InChI=1S/C16H21NO5/c1-9(2)17-7-11(18)8-21-12-5-4-6-13-14(12)10(3)15(22-13)16(19)20/h4-6,9,11,17-18H,7-8H2,1-3H3,(H,19,20). The van der Waals surface area contributed by atoms with Gasteiger partial charge in [0.2, 0.25) is 5.76 Å². The summed E-state index contributed by atoms with van der Waals surface area (Å²) in [5.41, 5.74) is 0.982. The van der Waals surface area contributed by atoms with E-state index in [-0.39, 0.29) is 18.4 Å². The highest BCUT2D eigenvalue weighted by atomic mass is 16.5. The van der Waals surface area contributed by atoms with Crippen molar-refractivity contribution in [3.05, 3.63) is 29.5 Å². The second-order valence-corrected chi connectivity index (χ2v) is 5.52. The van der Waals surface area contributed by atoms with Crippen LogP contribution >= 0.6 is 0 Å². The molecule has 0 aliphatic carbocycles. The second-order valence-electron chi connectivity index (χ2n) is 5.52. The van der Waals surface area contributed by atoms with Crippen LogP contribution in [-0.2, 0) is 0 Å². The van der Waals surface area contributed by atoms with Gasteiger partial charge in [0.15, 0.2) is 0 Å². The molecule has 0 amide bonds. The number of aromatic carboxylic acids is 1. The number of benzene rings is 1. The minimum Gasteiger partial charge on any atom is -0.490 e. The first kappa shape index (κ1) is 16.3. The van der Waals surface area contributed by atoms with Crippen molar-refractivity contribution in [2.24, 2.45) is 0 Å². The Kier molecular flexibility index (Phi) is 5.05. The van der Waals surface area contributed by atoms with Gasteiger partial charge in [0.25, 0.3) is 0 Å². The molecule has 2 rings (SSSR count). The Balaban J connectivity index is 2.16. The lowest BCUT2D eigenvalue weighted by Crippen LogP contribution is -2.35. The molecule has 120 valence electrons. The topological polar surface area (TPSA) is 91.9 Å². The summed E-state index contributed by atoms with van der Waals surface area (Å²) in [7, 11) is 0. The van der Waals surface area contributed by atoms with Gasteiger partial charge in [-0.25, -0.2) is 4.79 Å². The van der Waals surface area contributed by atoms with E-state index < -0.39 is 12.1 Å². The van der Waals surface area contributed by atoms with Crippen LogP contribution in [0.1, 0.15) is 30.0 Å². The molecular formula is C16H21NO5. The van der Waals surface area contributed by atoms with Gasteiger partial charge in [-0.3, -0.25) is 0 Å². The number of aliphatic hydroxyl groups is 1. The molecule has 0 aliphatic heterocycles. The lowest BCUT2D eigenvalue weighted by Gasteiger charge is -2.15. The van der Waals surface area contributed by atoms with Gasteiger partial charge < -0.3 is 24.7 Å². The third-order valence-corrected chi connectivity index (χ3v) is 3.30. The minimum atomic E-state index is -1.11. The number of furan rings is 1. The van der Waals surface area contributed by atoms with Crippen molar-refractivity contribution in [2.75, 3.05) is 13.2 Å². The Labute approximate surface area is 128 Å². The number of aliphatic hydroxyl groups excluding tert-OH is 1. The van der Waals surface area contributed by atoms with E-state index in [4.69, 9.17) is 14.3 Å². The van der Waals surface area contributed by atoms with Crippen molar-refractivity contribution >= 4 is 16.9 Å². The normalized spacial score (nSPS) is 12.8. The first-order valence-electron chi connectivity index (χ1n) is 7.19. The van der Waals surface area contributed by atoms with Gasteiger partial charge in [-0.2, -0.15) is 0 Å². The average Bonchev–Trinajstić information content (AvgIpc) is 2.81. The number of fused-ring (bicyclic) bond motifs is 1. The number of aryl methyl sites for hydroxylation is 1. The highest BCUT2D eigenvalue weighted by Gasteiger charge is 2.19. The predicted molar refractivity (Wildman–Crippen MR) is 82.6 cm³/mol. The third-order valence-electron chi connectivity index (χ3n) is 3.30. The molecule has 1 unspecified atom stereocenters. The van der Waals surface area contributed by atoms with E-state index in [9.17, 15) is 9.90 Å². The number of ether oxygens (including phenoxy) is 1. The van der Waals surface area contributed by atoms with E-state index >= 15 is 0 Å². The molecule has 0 bridgehead atoms. The van der Waals surface area contributed by atoms with Gasteiger partial charge in [0, 0.05) is 18.2 Å². The summed E-state index contributed by atoms with van der Waals surface area (Å²) in [4.78, 5) is 11.1. The van der Waals surface area contributed by atoms with Crippen LogP contribution in [-0.4, -0.2) is 41.5 Å². The molecule has 0 saturated carbocycles. The Hall–Kier alpha value is -2.05. The largest absolute Gasteiger partial charge is 0.490 e. The van der Waals surface area contributed by atoms with E-state index in [2.05, 4.69) is 5.32 Å². The summed E-state index contributed by atoms with van der Waals surface area (Å²) >= 11 is 0. The Morgan fingerprint density at radius 2 is 2.14 bits per heavy atom. The predicted octanol–water partition coefficient (Wildman–Crippen LogP) is 2.18. The van der Waals surface area contributed by atoms with E-state index in [1.807, 2.05) is 13.8 Å². The summed E-state index contributed by atoms with van der Waals surface area (Å²) in [5.74, 6) is -0.691. The molecule has 3 N–H and O–H groups in total. The van der Waals surface area contributed by atoms with Crippen LogP contribution in [0.3, 0.4) is 0 Å². The van der Waals surface area contributed by atoms with Crippen molar-refractivity contribution in [1.29, 1.82) is 0 Å². The molecule has 0 aliphatic rings. The maximum atomic E-state index is 11.1. The van der Waals surface area contributed by atoms with E-state index in [0.717, 1.165) is 0 Å². The highest BCUT2D eigenvalue weighted by molar-refractivity contribution is 5.97. The smallest absolute Gasteiger partial charge is 0.372 e. The zero-order valence-electron chi connectivity index (χ0n) is 12.9. The summed E-state index contributed by atoms with van der Waals surface area (Å²) in [6, 6.07) is 5.44. The molecule has 1 atom stereocenters. The quantitative estimate of drug-likeness (QED) is 0.726. The molecule has 1 heterocycles. The van der Waals surface area contributed by atoms with Gasteiger partial charge in [0.1, 0.15) is 24.0 Å². The minimum absolute atomic E-state index is 0.0897. The van der Waals surface area contributed by atoms with Crippen LogP contribution in [0.15, 0.2) is 22.6 Å². The van der Waals surface area contributed by atoms with Crippen LogP contribution in [0.2, 0.25) is 0 Å². The number of hydrogen-bond donors (Lipinski definition) is 3. The summed E-state index contributed by atoms with van der Waals surface area (Å²) in [5, 5.41) is 22.8. The number of carbonyl (C=O) groups is 1.